The molecule has 0 fully saturated rings. The van der Waals surface area contributed by atoms with Crippen LogP contribution in [-0.4, -0.2) is 4.98 Å². The van der Waals surface area contributed by atoms with Crippen molar-refractivity contribution in [2.75, 3.05) is 5.73 Å². The van der Waals surface area contributed by atoms with Crippen LogP contribution in [0.3, 0.4) is 0 Å². The zero-order valence-corrected chi connectivity index (χ0v) is 9.66. The number of benzene rings is 1. The molecule has 1 atom stereocenters. The number of rotatable bonds is 2. The summed E-state index contributed by atoms with van der Waals surface area (Å²) >= 11 is 5.68. The minimum atomic E-state index is -0.652. The molecule has 0 saturated heterocycles. The van der Waals surface area contributed by atoms with Gasteiger partial charge in [0, 0.05) is 34.2 Å². The summed E-state index contributed by atoms with van der Waals surface area (Å²) in [6.45, 7) is 0. The van der Waals surface area contributed by atoms with Gasteiger partial charge >= 0.3 is 0 Å². The Morgan fingerprint density at radius 1 is 1.24 bits per heavy atom. The van der Waals surface area contributed by atoms with Crippen LogP contribution in [0.5, 0.6) is 0 Å². The van der Waals surface area contributed by atoms with E-state index < -0.39 is 11.9 Å². The first-order chi connectivity index (χ1) is 8.09. The second-order valence-corrected chi connectivity index (χ2v) is 4.08. The molecule has 0 amide bonds. The van der Waals surface area contributed by atoms with Gasteiger partial charge in [0.05, 0.1) is 6.04 Å². The highest BCUT2D eigenvalue weighted by atomic mass is 35.5. The monoisotopic (exact) mass is 251 g/mol. The van der Waals surface area contributed by atoms with E-state index in [0.29, 0.717) is 21.8 Å². The van der Waals surface area contributed by atoms with Crippen LogP contribution >= 0.6 is 11.6 Å². The standard InChI is InChI=1S/C12H11ClFN3/c13-7-1-2-8(10(14)5-7)12(16)9-6-17-4-3-11(9)15/h1-6,12H,16H2,(H2,15,17). The van der Waals surface area contributed by atoms with Crippen LogP contribution in [-0.2, 0) is 0 Å². The number of nitrogens with zero attached hydrogens (tertiary/aromatic N) is 1. The number of hydrogen-bond donors (Lipinski definition) is 2. The van der Waals surface area contributed by atoms with Crippen molar-refractivity contribution in [2.24, 2.45) is 5.73 Å². The second kappa shape index (κ2) is 4.69. The van der Waals surface area contributed by atoms with Gasteiger partial charge in [-0.3, -0.25) is 4.98 Å². The van der Waals surface area contributed by atoms with E-state index in [4.69, 9.17) is 23.1 Å². The lowest BCUT2D eigenvalue weighted by atomic mass is 9.99. The van der Waals surface area contributed by atoms with E-state index in [1.165, 1.54) is 12.3 Å². The highest BCUT2D eigenvalue weighted by molar-refractivity contribution is 6.30. The maximum atomic E-state index is 13.7. The number of aromatic nitrogens is 1. The Morgan fingerprint density at radius 3 is 2.65 bits per heavy atom. The van der Waals surface area contributed by atoms with E-state index in [2.05, 4.69) is 4.98 Å². The Hall–Kier alpha value is -1.65. The van der Waals surface area contributed by atoms with Crippen molar-refractivity contribution >= 4 is 17.3 Å². The van der Waals surface area contributed by atoms with Crippen LogP contribution in [0.4, 0.5) is 10.1 Å². The van der Waals surface area contributed by atoms with E-state index in [-0.39, 0.29) is 0 Å². The summed E-state index contributed by atoms with van der Waals surface area (Å²) in [6.07, 6.45) is 3.10. The Kier molecular flexibility index (Phi) is 3.26. The average Bonchev–Trinajstić information content (AvgIpc) is 2.29. The fraction of sp³-hybridized carbons (Fsp3) is 0.0833. The lowest BCUT2D eigenvalue weighted by Crippen LogP contribution is -2.15. The summed E-state index contributed by atoms with van der Waals surface area (Å²) in [5.74, 6) is -0.451. The first-order valence-electron chi connectivity index (χ1n) is 4.99. The maximum absolute atomic E-state index is 13.7. The molecule has 0 aliphatic carbocycles. The quantitative estimate of drug-likeness (QED) is 0.862. The van der Waals surface area contributed by atoms with Crippen LogP contribution < -0.4 is 11.5 Å². The summed E-state index contributed by atoms with van der Waals surface area (Å²) < 4.78 is 13.7. The summed E-state index contributed by atoms with van der Waals surface area (Å²) in [5.41, 5.74) is 13.2. The van der Waals surface area contributed by atoms with Gasteiger partial charge in [-0.2, -0.15) is 0 Å². The van der Waals surface area contributed by atoms with Gasteiger partial charge in [0.1, 0.15) is 5.82 Å². The largest absolute Gasteiger partial charge is 0.398 e. The molecule has 1 unspecified atom stereocenters. The van der Waals surface area contributed by atoms with Gasteiger partial charge in [0.25, 0.3) is 0 Å². The lowest BCUT2D eigenvalue weighted by Gasteiger charge is -2.15. The molecule has 0 saturated carbocycles. The Morgan fingerprint density at radius 2 is 2.00 bits per heavy atom. The molecule has 1 heterocycles. The zero-order valence-electron chi connectivity index (χ0n) is 8.90. The van der Waals surface area contributed by atoms with Gasteiger partial charge < -0.3 is 11.5 Å². The molecular formula is C12H11ClFN3. The molecule has 0 aliphatic rings. The number of nitrogens with two attached hydrogens (primary N) is 2. The van der Waals surface area contributed by atoms with E-state index in [1.807, 2.05) is 0 Å². The molecule has 5 heteroatoms. The molecule has 1 aromatic carbocycles. The number of nitrogen functional groups attached to an aromatic ring is 1. The maximum Gasteiger partial charge on any atom is 0.129 e. The first kappa shape index (κ1) is 11.8. The van der Waals surface area contributed by atoms with E-state index in [0.717, 1.165) is 0 Å². The Labute approximate surface area is 103 Å². The van der Waals surface area contributed by atoms with Gasteiger partial charge in [-0.15, -0.1) is 0 Å². The average molecular weight is 252 g/mol. The highest BCUT2D eigenvalue weighted by Crippen LogP contribution is 2.26. The molecule has 1 aromatic heterocycles. The minimum Gasteiger partial charge on any atom is -0.398 e. The first-order valence-corrected chi connectivity index (χ1v) is 5.37. The lowest BCUT2D eigenvalue weighted by molar-refractivity contribution is 0.600. The van der Waals surface area contributed by atoms with Crippen molar-refractivity contribution in [3.63, 3.8) is 0 Å². The van der Waals surface area contributed by atoms with Gasteiger partial charge in [-0.25, -0.2) is 4.39 Å². The molecule has 3 nitrogen and oxygen atoms in total. The van der Waals surface area contributed by atoms with Gasteiger partial charge in [-0.05, 0) is 18.2 Å². The molecule has 17 heavy (non-hydrogen) atoms. The van der Waals surface area contributed by atoms with Gasteiger partial charge in [-0.1, -0.05) is 17.7 Å². The predicted molar refractivity (Wildman–Crippen MR) is 66.1 cm³/mol. The molecule has 0 bridgehead atoms. The van der Waals surface area contributed by atoms with Gasteiger partial charge in [0.15, 0.2) is 0 Å². The second-order valence-electron chi connectivity index (χ2n) is 3.65. The molecule has 2 rings (SSSR count). The number of hydrogen-bond acceptors (Lipinski definition) is 3. The molecule has 0 radical (unpaired) electrons. The summed E-state index contributed by atoms with van der Waals surface area (Å²) in [5, 5.41) is 0.331. The minimum absolute atomic E-state index is 0.331. The van der Waals surface area contributed by atoms with Crippen LogP contribution in [0, 0.1) is 5.82 Å². The van der Waals surface area contributed by atoms with E-state index in [9.17, 15) is 4.39 Å². The molecule has 2 aromatic rings. The fourth-order valence-electron chi connectivity index (χ4n) is 1.60. The Balaban J connectivity index is 2.44. The van der Waals surface area contributed by atoms with Crippen molar-refractivity contribution in [2.45, 2.75) is 6.04 Å². The van der Waals surface area contributed by atoms with Crippen molar-refractivity contribution in [1.82, 2.24) is 4.98 Å². The summed E-state index contributed by atoms with van der Waals surface area (Å²) in [4.78, 5) is 3.93. The van der Waals surface area contributed by atoms with E-state index in [1.54, 1.807) is 24.4 Å². The Bertz CT molecular complexity index is 545. The van der Waals surface area contributed by atoms with E-state index >= 15 is 0 Å². The van der Waals surface area contributed by atoms with Crippen LogP contribution in [0.2, 0.25) is 5.02 Å². The molecule has 0 aliphatic heterocycles. The number of halogens is 2. The van der Waals surface area contributed by atoms with Crippen LogP contribution in [0.1, 0.15) is 17.2 Å². The van der Waals surface area contributed by atoms with Crippen molar-refractivity contribution in [1.29, 1.82) is 0 Å². The third-order valence-corrected chi connectivity index (χ3v) is 2.75. The van der Waals surface area contributed by atoms with Crippen molar-refractivity contribution < 1.29 is 4.39 Å². The van der Waals surface area contributed by atoms with Crippen molar-refractivity contribution in [3.05, 3.63) is 58.6 Å². The predicted octanol–water partition coefficient (Wildman–Crippen LogP) is 2.50. The topological polar surface area (TPSA) is 64.9 Å². The van der Waals surface area contributed by atoms with Crippen LogP contribution in [0.25, 0.3) is 0 Å². The van der Waals surface area contributed by atoms with Gasteiger partial charge in [0.2, 0.25) is 0 Å². The third-order valence-electron chi connectivity index (χ3n) is 2.52. The summed E-state index contributed by atoms with van der Waals surface area (Å²) in [7, 11) is 0. The molecule has 0 spiro atoms. The molecule has 4 N–H and O–H groups in total. The molecular weight excluding hydrogens is 241 g/mol. The number of pyridine rings is 1. The fourth-order valence-corrected chi connectivity index (χ4v) is 1.76. The molecule has 88 valence electrons. The summed E-state index contributed by atoms with van der Waals surface area (Å²) in [6, 6.07) is 5.34. The normalized spacial score (nSPS) is 12.4. The zero-order chi connectivity index (χ0) is 12.4. The third kappa shape index (κ3) is 2.38. The smallest absolute Gasteiger partial charge is 0.129 e. The van der Waals surface area contributed by atoms with Crippen LogP contribution in [0.15, 0.2) is 36.7 Å². The SMILES string of the molecule is Nc1ccncc1C(N)c1ccc(Cl)cc1F. The van der Waals surface area contributed by atoms with Crippen molar-refractivity contribution in [3.8, 4) is 0 Å². The number of anilines is 1. The highest BCUT2D eigenvalue weighted by Gasteiger charge is 2.16.